The first-order valence-corrected chi connectivity index (χ1v) is 11.0. The van der Waals surface area contributed by atoms with Gasteiger partial charge in [0, 0.05) is 17.6 Å². The maximum atomic E-state index is 12.7. The Hall–Kier alpha value is -1.64. The maximum absolute atomic E-state index is 12.7. The molecule has 1 aliphatic rings. The van der Waals surface area contributed by atoms with Gasteiger partial charge in [-0.25, -0.2) is 8.42 Å². The van der Waals surface area contributed by atoms with Crippen LogP contribution in [0.4, 0.5) is 0 Å². The highest BCUT2D eigenvalue weighted by molar-refractivity contribution is 7.90. The first-order chi connectivity index (χ1) is 12.8. The Labute approximate surface area is 174 Å². The van der Waals surface area contributed by atoms with Gasteiger partial charge in [-0.1, -0.05) is 45.7 Å². The van der Waals surface area contributed by atoms with Crippen molar-refractivity contribution in [1.29, 1.82) is 0 Å². The van der Waals surface area contributed by atoms with Crippen LogP contribution in [0.15, 0.2) is 34.2 Å². The van der Waals surface area contributed by atoms with Crippen molar-refractivity contribution in [2.75, 3.05) is 6.54 Å². The first kappa shape index (κ1) is 24.4. The van der Waals surface area contributed by atoms with Gasteiger partial charge in [-0.05, 0) is 31.4 Å². The largest absolute Gasteiger partial charge is 0.352 e. The zero-order valence-corrected chi connectivity index (χ0v) is 18.3. The number of sulfonamides is 1. The first-order valence-electron chi connectivity index (χ1n) is 9.53. The van der Waals surface area contributed by atoms with Crippen LogP contribution >= 0.6 is 12.4 Å². The van der Waals surface area contributed by atoms with Crippen LogP contribution in [0.5, 0.6) is 0 Å². The number of rotatable bonds is 9. The molecule has 0 aliphatic carbocycles. The van der Waals surface area contributed by atoms with Crippen molar-refractivity contribution >= 4 is 34.2 Å². The van der Waals surface area contributed by atoms with Crippen LogP contribution in [0, 0.1) is 0 Å². The lowest BCUT2D eigenvalue weighted by molar-refractivity contribution is -0.122. The summed E-state index contributed by atoms with van der Waals surface area (Å²) in [5, 5.41) is 2.90. The predicted octanol–water partition coefficient (Wildman–Crippen LogP) is 2.34. The highest BCUT2D eigenvalue weighted by Gasteiger charge is 2.32. The van der Waals surface area contributed by atoms with Crippen molar-refractivity contribution in [3.63, 3.8) is 0 Å². The Balaban J connectivity index is 0.00000392. The predicted molar refractivity (Wildman–Crippen MR) is 114 cm³/mol. The van der Waals surface area contributed by atoms with Gasteiger partial charge >= 0.3 is 0 Å². The molecular weight excluding hydrogens is 400 g/mol. The number of fused-ring (bicyclic) bond motifs is 1. The van der Waals surface area contributed by atoms with Crippen LogP contribution in [0.1, 0.15) is 58.4 Å². The van der Waals surface area contributed by atoms with Gasteiger partial charge in [0.2, 0.25) is 5.91 Å². The minimum Gasteiger partial charge on any atom is -0.352 e. The van der Waals surface area contributed by atoms with Gasteiger partial charge in [-0.15, -0.1) is 12.4 Å². The van der Waals surface area contributed by atoms with E-state index in [0.29, 0.717) is 18.5 Å². The van der Waals surface area contributed by atoms with Crippen molar-refractivity contribution in [3.05, 3.63) is 29.8 Å². The number of nitrogens with two attached hydrogens (primary N) is 1. The number of carbonyl (C=O) groups is 1. The molecule has 9 heteroatoms. The molecule has 158 valence electrons. The summed E-state index contributed by atoms with van der Waals surface area (Å²) in [4.78, 5) is 17.4. The summed E-state index contributed by atoms with van der Waals surface area (Å²) in [6.07, 6.45) is 3.79. The summed E-state index contributed by atoms with van der Waals surface area (Å²) >= 11 is 0. The molecule has 4 N–H and O–H groups in total. The van der Waals surface area contributed by atoms with Crippen LogP contribution < -0.4 is 15.8 Å². The number of aliphatic imine (C=N–C) groups is 1. The average molecular weight is 431 g/mol. The summed E-state index contributed by atoms with van der Waals surface area (Å²) in [6, 6.07) is 5.99. The van der Waals surface area contributed by atoms with Gasteiger partial charge in [-0.2, -0.15) is 0 Å². The molecule has 1 aliphatic heterocycles. The van der Waals surface area contributed by atoms with Crippen molar-refractivity contribution in [1.82, 2.24) is 10.0 Å². The van der Waals surface area contributed by atoms with E-state index in [9.17, 15) is 13.2 Å². The van der Waals surface area contributed by atoms with Gasteiger partial charge in [-0.3, -0.25) is 14.5 Å². The molecule has 0 saturated carbocycles. The Morgan fingerprint density at radius 1 is 1.25 bits per heavy atom. The van der Waals surface area contributed by atoms with Crippen molar-refractivity contribution in [2.24, 2.45) is 10.7 Å². The third-order valence-electron chi connectivity index (χ3n) is 5.10. The third-order valence-corrected chi connectivity index (χ3v) is 6.50. The number of hydrogen-bond acceptors (Lipinski definition) is 5. The van der Waals surface area contributed by atoms with Crippen LogP contribution in [0.25, 0.3) is 0 Å². The number of amides is 1. The van der Waals surface area contributed by atoms with E-state index in [1.165, 1.54) is 6.07 Å². The molecule has 0 radical (unpaired) electrons. The van der Waals surface area contributed by atoms with Crippen molar-refractivity contribution < 1.29 is 13.2 Å². The lowest BCUT2D eigenvalue weighted by Gasteiger charge is -2.27. The zero-order chi connectivity index (χ0) is 20.1. The molecule has 0 spiro atoms. The Bertz CT molecular complexity index is 807. The number of nitrogens with zero attached hydrogens (tertiary/aromatic N) is 1. The zero-order valence-electron chi connectivity index (χ0n) is 16.7. The standard InChI is InChI=1S/C19H30N4O3S.ClH/c1-4-7-11-15(18(24)21-13-19(20,5-2)6-3)22-17-14-10-8-9-12-16(14)27(25,26)23-17;/h8-10,12,15H,4-7,11,13,20H2,1-3H3,(H,21,24)(H,22,23);1H. The molecule has 0 fully saturated rings. The molecule has 1 unspecified atom stereocenters. The molecule has 1 aromatic carbocycles. The molecule has 2 rings (SSSR count). The second-order valence-corrected chi connectivity index (χ2v) is 8.68. The van der Waals surface area contributed by atoms with Gasteiger partial charge in [0.05, 0.1) is 4.90 Å². The van der Waals surface area contributed by atoms with Crippen LogP contribution in [0.3, 0.4) is 0 Å². The summed E-state index contributed by atoms with van der Waals surface area (Å²) in [5.74, 6) is 0.00287. The van der Waals surface area contributed by atoms with Crippen LogP contribution in [-0.4, -0.2) is 38.3 Å². The van der Waals surface area contributed by atoms with Crippen LogP contribution in [0.2, 0.25) is 0 Å². The number of halogens is 1. The smallest absolute Gasteiger partial charge is 0.263 e. The van der Waals surface area contributed by atoms with E-state index in [0.717, 1.165) is 25.7 Å². The molecular formula is C19H31ClN4O3S. The molecule has 1 aromatic rings. The fourth-order valence-corrected chi connectivity index (χ4v) is 4.16. The summed E-state index contributed by atoms with van der Waals surface area (Å²) < 4.78 is 27.0. The van der Waals surface area contributed by atoms with E-state index in [4.69, 9.17) is 5.73 Å². The Morgan fingerprint density at radius 3 is 2.50 bits per heavy atom. The van der Waals surface area contributed by atoms with E-state index in [1.54, 1.807) is 18.2 Å². The molecule has 28 heavy (non-hydrogen) atoms. The Morgan fingerprint density at radius 2 is 1.89 bits per heavy atom. The van der Waals surface area contributed by atoms with E-state index in [-0.39, 0.29) is 29.0 Å². The summed E-state index contributed by atoms with van der Waals surface area (Å²) in [6.45, 7) is 6.40. The minimum atomic E-state index is -3.62. The maximum Gasteiger partial charge on any atom is 0.263 e. The van der Waals surface area contributed by atoms with Gasteiger partial charge in [0.25, 0.3) is 10.0 Å². The number of amidine groups is 1. The van der Waals surface area contributed by atoms with Crippen LogP contribution in [-0.2, 0) is 14.8 Å². The number of benzene rings is 1. The molecule has 7 nitrogen and oxygen atoms in total. The van der Waals surface area contributed by atoms with Crippen molar-refractivity contribution in [3.8, 4) is 0 Å². The van der Waals surface area contributed by atoms with E-state index < -0.39 is 21.6 Å². The second kappa shape index (κ2) is 10.2. The number of unbranched alkanes of at least 4 members (excludes halogenated alkanes) is 1. The molecule has 1 atom stereocenters. The average Bonchev–Trinajstić information content (AvgIpc) is 2.93. The minimum absolute atomic E-state index is 0. The topological polar surface area (TPSA) is 114 Å². The number of hydrogen-bond donors (Lipinski definition) is 3. The SMILES string of the molecule is CCCCC(N=C1NS(=O)(=O)c2ccccc21)C(=O)NCC(N)(CC)CC.Cl. The van der Waals surface area contributed by atoms with E-state index in [2.05, 4.69) is 15.0 Å². The lowest BCUT2D eigenvalue weighted by Crippen LogP contribution is -2.51. The third kappa shape index (κ3) is 5.68. The van der Waals surface area contributed by atoms with Gasteiger partial charge in [0.15, 0.2) is 0 Å². The monoisotopic (exact) mass is 430 g/mol. The highest BCUT2D eigenvalue weighted by Crippen LogP contribution is 2.23. The molecule has 0 saturated heterocycles. The van der Waals surface area contributed by atoms with E-state index in [1.807, 2.05) is 20.8 Å². The lowest BCUT2D eigenvalue weighted by atomic mass is 9.94. The van der Waals surface area contributed by atoms with Gasteiger partial charge < -0.3 is 11.1 Å². The second-order valence-electron chi connectivity index (χ2n) is 7.02. The summed E-state index contributed by atoms with van der Waals surface area (Å²) in [5.41, 5.74) is 6.32. The molecule has 1 heterocycles. The summed E-state index contributed by atoms with van der Waals surface area (Å²) in [7, 11) is -3.62. The van der Waals surface area contributed by atoms with Crippen molar-refractivity contribution in [2.45, 2.75) is 69.4 Å². The molecule has 0 bridgehead atoms. The molecule has 0 aromatic heterocycles. The normalized spacial score (nSPS) is 17.4. The Kier molecular flexibility index (Phi) is 8.91. The number of nitrogens with one attached hydrogen (secondary N) is 2. The quantitative estimate of drug-likeness (QED) is 0.557. The molecule has 1 amide bonds. The fraction of sp³-hybridized carbons (Fsp3) is 0.579. The highest BCUT2D eigenvalue weighted by atomic mass is 35.5. The fourth-order valence-electron chi connectivity index (χ4n) is 2.92. The number of carbonyl (C=O) groups excluding carboxylic acids is 1. The van der Waals surface area contributed by atoms with E-state index >= 15 is 0 Å². The van der Waals surface area contributed by atoms with Gasteiger partial charge in [0.1, 0.15) is 11.9 Å².